The van der Waals surface area contributed by atoms with Crippen LogP contribution in [0.1, 0.15) is 88.9 Å². The van der Waals surface area contributed by atoms with Crippen molar-refractivity contribution >= 4 is 0 Å². The van der Waals surface area contributed by atoms with E-state index in [0.717, 1.165) is 24.8 Å². The first kappa shape index (κ1) is 17.2. The van der Waals surface area contributed by atoms with Crippen molar-refractivity contribution in [3.8, 4) is 0 Å². The van der Waals surface area contributed by atoms with Crippen molar-refractivity contribution in [2.45, 2.75) is 84.2 Å². The van der Waals surface area contributed by atoms with Crippen LogP contribution in [0.5, 0.6) is 0 Å². The van der Waals surface area contributed by atoms with Gasteiger partial charge in [-0.25, -0.2) is 0 Å². The standard InChI is InChI=1S/C19H32O/c1-3-5-6-7-8-9-10-11-12-19(20)18-15-13-17(4-2)14-16-18/h13-16,19-20H,3-12H2,1-2H3. The number of hydrogen-bond donors (Lipinski definition) is 1. The average molecular weight is 276 g/mol. The summed E-state index contributed by atoms with van der Waals surface area (Å²) in [5.41, 5.74) is 2.41. The summed E-state index contributed by atoms with van der Waals surface area (Å²) >= 11 is 0. The first-order valence-electron chi connectivity index (χ1n) is 8.54. The third-order valence-electron chi connectivity index (χ3n) is 4.10. The number of benzene rings is 1. The molecule has 1 heteroatoms. The lowest BCUT2D eigenvalue weighted by Crippen LogP contribution is -1.97. The van der Waals surface area contributed by atoms with Crippen molar-refractivity contribution in [2.24, 2.45) is 0 Å². The quantitative estimate of drug-likeness (QED) is 0.505. The van der Waals surface area contributed by atoms with Crippen LogP contribution in [-0.2, 0) is 6.42 Å². The van der Waals surface area contributed by atoms with Gasteiger partial charge in [-0.15, -0.1) is 0 Å². The van der Waals surface area contributed by atoms with Crippen molar-refractivity contribution < 1.29 is 5.11 Å². The van der Waals surface area contributed by atoms with E-state index in [1.165, 1.54) is 50.5 Å². The van der Waals surface area contributed by atoms with Crippen LogP contribution in [0.4, 0.5) is 0 Å². The highest BCUT2D eigenvalue weighted by Gasteiger charge is 2.06. The summed E-state index contributed by atoms with van der Waals surface area (Å²) in [6.07, 6.45) is 12.3. The molecule has 1 nitrogen and oxygen atoms in total. The molecule has 0 aromatic heterocycles. The van der Waals surface area contributed by atoms with Gasteiger partial charge in [0.1, 0.15) is 0 Å². The zero-order chi connectivity index (χ0) is 14.6. The largest absolute Gasteiger partial charge is 0.388 e. The van der Waals surface area contributed by atoms with E-state index in [1.807, 2.05) is 0 Å². The van der Waals surface area contributed by atoms with Gasteiger partial charge in [-0.05, 0) is 24.0 Å². The Labute approximate surface area is 125 Å². The van der Waals surface area contributed by atoms with E-state index in [9.17, 15) is 5.11 Å². The maximum Gasteiger partial charge on any atom is 0.0790 e. The van der Waals surface area contributed by atoms with Gasteiger partial charge in [-0.1, -0.05) is 89.5 Å². The predicted molar refractivity (Wildman–Crippen MR) is 88.0 cm³/mol. The highest BCUT2D eigenvalue weighted by Crippen LogP contribution is 2.21. The normalized spacial score (nSPS) is 12.6. The van der Waals surface area contributed by atoms with Gasteiger partial charge in [0.25, 0.3) is 0 Å². The first-order chi connectivity index (χ1) is 9.77. The molecule has 0 saturated heterocycles. The number of hydrogen-bond acceptors (Lipinski definition) is 1. The minimum atomic E-state index is -0.277. The van der Waals surface area contributed by atoms with Gasteiger partial charge in [0.2, 0.25) is 0 Å². The molecule has 0 aliphatic rings. The Balaban J connectivity index is 2.08. The molecule has 20 heavy (non-hydrogen) atoms. The molecule has 1 aromatic carbocycles. The lowest BCUT2D eigenvalue weighted by molar-refractivity contribution is 0.163. The van der Waals surface area contributed by atoms with Crippen molar-refractivity contribution in [3.05, 3.63) is 35.4 Å². The predicted octanol–water partition coefficient (Wildman–Crippen LogP) is 5.81. The van der Waals surface area contributed by atoms with Crippen LogP contribution >= 0.6 is 0 Å². The van der Waals surface area contributed by atoms with E-state index in [4.69, 9.17) is 0 Å². The summed E-state index contributed by atoms with van der Waals surface area (Å²) < 4.78 is 0. The molecule has 114 valence electrons. The molecule has 0 aliphatic heterocycles. The molecule has 1 atom stereocenters. The monoisotopic (exact) mass is 276 g/mol. The Morgan fingerprint density at radius 2 is 1.35 bits per heavy atom. The van der Waals surface area contributed by atoms with Gasteiger partial charge in [0.15, 0.2) is 0 Å². The molecule has 0 saturated carbocycles. The van der Waals surface area contributed by atoms with E-state index in [-0.39, 0.29) is 6.10 Å². The van der Waals surface area contributed by atoms with Crippen LogP contribution < -0.4 is 0 Å². The van der Waals surface area contributed by atoms with E-state index in [0.29, 0.717) is 0 Å². The summed E-state index contributed by atoms with van der Waals surface area (Å²) in [4.78, 5) is 0. The molecular formula is C19H32O. The Hall–Kier alpha value is -0.820. The first-order valence-corrected chi connectivity index (χ1v) is 8.54. The fourth-order valence-corrected chi connectivity index (χ4v) is 2.61. The van der Waals surface area contributed by atoms with Crippen molar-refractivity contribution in [1.82, 2.24) is 0 Å². The summed E-state index contributed by atoms with van der Waals surface area (Å²) in [5, 5.41) is 10.2. The Bertz CT molecular complexity index is 328. The summed E-state index contributed by atoms with van der Waals surface area (Å²) in [6, 6.07) is 8.42. The molecule has 0 heterocycles. The van der Waals surface area contributed by atoms with Crippen LogP contribution in [0.25, 0.3) is 0 Å². The van der Waals surface area contributed by atoms with Crippen LogP contribution in [0, 0.1) is 0 Å². The van der Waals surface area contributed by atoms with E-state index in [2.05, 4.69) is 38.1 Å². The fraction of sp³-hybridized carbons (Fsp3) is 0.684. The molecular weight excluding hydrogens is 244 g/mol. The number of aliphatic hydroxyl groups excluding tert-OH is 1. The third kappa shape index (κ3) is 7.09. The van der Waals surface area contributed by atoms with Crippen molar-refractivity contribution in [3.63, 3.8) is 0 Å². The second kappa shape index (κ2) is 10.9. The average Bonchev–Trinajstić information content (AvgIpc) is 2.50. The van der Waals surface area contributed by atoms with Gasteiger partial charge in [0.05, 0.1) is 6.10 Å². The third-order valence-corrected chi connectivity index (χ3v) is 4.10. The number of aryl methyl sites for hydroxylation is 1. The second-order valence-electron chi connectivity index (χ2n) is 5.87. The molecule has 0 radical (unpaired) electrons. The zero-order valence-electron chi connectivity index (χ0n) is 13.4. The molecule has 1 N–H and O–H groups in total. The van der Waals surface area contributed by atoms with Crippen molar-refractivity contribution in [2.75, 3.05) is 0 Å². The molecule has 1 unspecified atom stereocenters. The van der Waals surface area contributed by atoms with Crippen LogP contribution in [0.3, 0.4) is 0 Å². The number of aliphatic hydroxyl groups is 1. The Kier molecular flexibility index (Phi) is 9.40. The lowest BCUT2D eigenvalue weighted by atomic mass is 10.0. The molecule has 0 bridgehead atoms. The number of rotatable bonds is 11. The van der Waals surface area contributed by atoms with Crippen LogP contribution in [-0.4, -0.2) is 5.11 Å². The minimum absolute atomic E-state index is 0.277. The van der Waals surface area contributed by atoms with Gasteiger partial charge < -0.3 is 5.11 Å². The summed E-state index contributed by atoms with van der Waals surface area (Å²) in [7, 11) is 0. The smallest absolute Gasteiger partial charge is 0.0790 e. The molecule has 0 spiro atoms. The van der Waals surface area contributed by atoms with E-state index >= 15 is 0 Å². The summed E-state index contributed by atoms with van der Waals surface area (Å²) in [5.74, 6) is 0. The fourth-order valence-electron chi connectivity index (χ4n) is 2.61. The Morgan fingerprint density at radius 1 is 0.800 bits per heavy atom. The topological polar surface area (TPSA) is 20.2 Å². The minimum Gasteiger partial charge on any atom is -0.388 e. The highest BCUT2D eigenvalue weighted by atomic mass is 16.3. The second-order valence-corrected chi connectivity index (χ2v) is 5.87. The van der Waals surface area contributed by atoms with Gasteiger partial charge in [-0.2, -0.15) is 0 Å². The molecule has 0 aliphatic carbocycles. The maximum atomic E-state index is 10.2. The van der Waals surface area contributed by atoms with Crippen LogP contribution in [0.15, 0.2) is 24.3 Å². The van der Waals surface area contributed by atoms with Gasteiger partial charge in [-0.3, -0.25) is 0 Å². The maximum absolute atomic E-state index is 10.2. The lowest BCUT2D eigenvalue weighted by Gasteiger charge is -2.11. The molecule has 0 fully saturated rings. The summed E-state index contributed by atoms with van der Waals surface area (Å²) in [6.45, 7) is 4.42. The highest BCUT2D eigenvalue weighted by molar-refractivity contribution is 5.23. The van der Waals surface area contributed by atoms with Gasteiger partial charge in [0, 0.05) is 0 Å². The zero-order valence-corrected chi connectivity index (χ0v) is 13.4. The number of unbranched alkanes of at least 4 members (excludes halogenated alkanes) is 7. The van der Waals surface area contributed by atoms with Crippen molar-refractivity contribution in [1.29, 1.82) is 0 Å². The SMILES string of the molecule is CCCCCCCCCCC(O)c1ccc(CC)cc1. The van der Waals surface area contributed by atoms with Crippen LogP contribution in [0.2, 0.25) is 0 Å². The molecule has 1 aromatic rings. The molecule has 0 amide bonds. The van der Waals surface area contributed by atoms with E-state index in [1.54, 1.807) is 0 Å². The molecule has 1 rings (SSSR count). The van der Waals surface area contributed by atoms with Gasteiger partial charge >= 0.3 is 0 Å². The Morgan fingerprint density at radius 3 is 1.90 bits per heavy atom. The van der Waals surface area contributed by atoms with E-state index < -0.39 is 0 Å².